The molecule has 1 aromatic rings. The van der Waals surface area contributed by atoms with Gasteiger partial charge in [0.05, 0.1) is 52.9 Å². The highest BCUT2D eigenvalue weighted by Crippen LogP contribution is 2.55. The predicted molar refractivity (Wildman–Crippen MR) is 172 cm³/mol. The topological polar surface area (TPSA) is 73.8 Å². The monoisotopic (exact) mass is 662 g/mol. The van der Waals surface area contributed by atoms with Crippen LogP contribution < -0.4 is 0 Å². The first-order valence-corrected chi connectivity index (χ1v) is 20.4. The van der Waals surface area contributed by atoms with Crippen LogP contribution in [0.3, 0.4) is 0 Å². The molecule has 12 heteroatoms. The van der Waals surface area contributed by atoms with Crippen LogP contribution in [0.4, 0.5) is 0 Å². The molecule has 0 amide bonds. The second kappa shape index (κ2) is 13.8. The van der Waals surface area contributed by atoms with Gasteiger partial charge in [-0.3, -0.25) is 0 Å². The third kappa shape index (κ3) is 9.81. The normalized spacial score (nSPS) is 27.2. The van der Waals surface area contributed by atoms with E-state index in [2.05, 4.69) is 67.5 Å². The molecule has 0 saturated carbocycles. The largest absolute Gasteiger partial charge is 0.333 e. The van der Waals surface area contributed by atoms with E-state index in [9.17, 15) is 0 Å². The van der Waals surface area contributed by atoms with Gasteiger partial charge in [0.1, 0.15) is 0 Å². The highest BCUT2D eigenvalue weighted by atomic mass is 31.2. The van der Waals surface area contributed by atoms with Crippen LogP contribution in [0.25, 0.3) is 0 Å². The van der Waals surface area contributed by atoms with Crippen molar-refractivity contribution in [2.75, 3.05) is 52.9 Å². The summed E-state index contributed by atoms with van der Waals surface area (Å²) in [7, 11) is -4.08. The Hall–Kier alpha value is 0.620. The second-order valence-electron chi connectivity index (χ2n) is 15.2. The Labute approximate surface area is 258 Å². The van der Waals surface area contributed by atoms with Gasteiger partial charge in [-0.2, -0.15) is 0 Å². The van der Waals surface area contributed by atoms with Crippen molar-refractivity contribution in [3.8, 4) is 0 Å². The van der Waals surface area contributed by atoms with Gasteiger partial charge in [0.15, 0.2) is 33.5 Å². The first-order chi connectivity index (χ1) is 19.7. The maximum absolute atomic E-state index is 6.26. The summed E-state index contributed by atoms with van der Waals surface area (Å²) >= 11 is 0. The maximum atomic E-state index is 6.26. The molecule has 0 aliphatic carbocycles. The molecule has 8 nitrogen and oxygen atoms in total. The molecule has 4 aliphatic rings. The summed E-state index contributed by atoms with van der Waals surface area (Å²) in [6.45, 7) is 23.2. The highest BCUT2D eigenvalue weighted by Gasteiger charge is 2.35. The minimum atomic E-state index is -1.02. The Morgan fingerprint density at radius 1 is 0.381 bits per heavy atom. The number of benzene rings is 1. The summed E-state index contributed by atoms with van der Waals surface area (Å²) in [4.78, 5) is 0. The molecule has 4 aliphatic heterocycles. The molecule has 0 bridgehead atoms. The van der Waals surface area contributed by atoms with Gasteiger partial charge in [0, 0.05) is 46.3 Å². The molecule has 0 spiro atoms. The molecule has 0 atom stereocenters. The average Bonchev–Trinajstić information content (AvgIpc) is 2.91. The Morgan fingerprint density at radius 3 is 0.714 bits per heavy atom. The van der Waals surface area contributed by atoms with Crippen molar-refractivity contribution < 1.29 is 36.2 Å². The van der Waals surface area contributed by atoms with E-state index in [1.807, 2.05) is 0 Å². The predicted octanol–water partition coefficient (Wildman–Crippen LogP) is 9.23. The first kappa shape index (κ1) is 34.0. The van der Waals surface area contributed by atoms with Gasteiger partial charge < -0.3 is 36.2 Å². The van der Waals surface area contributed by atoms with Gasteiger partial charge in [0.2, 0.25) is 0 Å². The number of hydrogen-bond donors (Lipinski definition) is 0. The van der Waals surface area contributed by atoms with Crippen molar-refractivity contribution in [1.82, 2.24) is 0 Å². The quantitative estimate of drug-likeness (QED) is 0.255. The summed E-state index contributed by atoms with van der Waals surface area (Å²) in [5, 5.41) is 0. The van der Waals surface area contributed by atoms with Gasteiger partial charge in [-0.05, 0) is 22.3 Å². The van der Waals surface area contributed by atoms with E-state index in [0.717, 1.165) is 24.6 Å². The summed E-state index contributed by atoms with van der Waals surface area (Å²) in [5.41, 5.74) is 5.13. The Bertz CT molecular complexity index is 879. The zero-order valence-electron chi connectivity index (χ0n) is 26.7. The van der Waals surface area contributed by atoms with Gasteiger partial charge in [-0.1, -0.05) is 67.5 Å². The van der Waals surface area contributed by atoms with E-state index in [-0.39, 0.29) is 21.7 Å². The van der Waals surface area contributed by atoms with Gasteiger partial charge >= 0.3 is 0 Å². The van der Waals surface area contributed by atoms with Crippen LogP contribution >= 0.6 is 33.5 Å². The molecule has 0 radical (unpaired) electrons. The molecule has 0 unspecified atom stereocenters. The standard InChI is InChI=1S/C30H50O8P4/c1-27(2)15-31-39(32-16-27)11-23-9-25(13-41-35-19-29(5,6)20-36-41)26(14-42-37-21-30(7,8)22-38-42)10-24(23)12-40-33-17-28(3,4)18-34-40/h9-10H,11-22H2,1-8H3. The van der Waals surface area contributed by atoms with Gasteiger partial charge in [-0.25, -0.2) is 0 Å². The van der Waals surface area contributed by atoms with Crippen molar-refractivity contribution in [3.63, 3.8) is 0 Å². The van der Waals surface area contributed by atoms with Crippen molar-refractivity contribution in [1.29, 1.82) is 0 Å². The molecular formula is C30H50O8P4. The van der Waals surface area contributed by atoms with Crippen molar-refractivity contribution in [2.24, 2.45) is 21.7 Å². The van der Waals surface area contributed by atoms with E-state index < -0.39 is 33.5 Å². The van der Waals surface area contributed by atoms with Crippen LogP contribution in [0.2, 0.25) is 0 Å². The summed E-state index contributed by atoms with van der Waals surface area (Å²) in [6, 6.07) is 4.70. The molecule has 4 fully saturated rings. The van der Waals surface area contributed by atoms with E-state index in [1.54, 1.807) is 0 Å². The Balaban J connectivity index is 1.42. The second-order valence-corrected chi connectivity index (χ2v) is 21.2. The summed E-state index contributed by atoms with van der Waals surface area (Å²) in [6.07, 6.45) is 2.97. The molecule has 0 aromatic heterocycles. The molecule has 5 rings (SSSR count). The van der Waals surface area contributed by atoms with Gasteiger partial charge in [-0.15, -0.1) is 0 Å². The van der Waals surface area contributed by atoms with Crippen LogP contribution in [-0.4, -0.2) is 52.9 Å². The zero-order chi connectivity index (χ0) is 30.2. The van der Waals surface area contributed by atoms with Crippen LogP contribution in [0, 0.1) is 21.7 Å². The lowest BCUT2D eigenvalue weighted by Crippen LogP contribution is -2.29. The van der Waals surface area contributed by atoms with E-state index in [0.29, 0.717) is 52.9 Å². The van der Waals surface area contributed by atoms with Crippen LogP contribution in [-0.2, 0) is 60.8 Å². The molecule has 238 valence electrons. The zero-order valence-corrected chi connectivity index (χ0v) is 30.3. The third-order valence-electron chi connectivity index (χ3n) is 7.51. The van der Waals surface area contributed by atoms with Crippen molar-refractivity contribution in [2.45, 2.75) is 80.0 Å². The van der Waals surface area contributed by atoms with Crippen molar-refractivity contribution >= 4 is 33.5 Å². The molecule has 4 heterocycles. The lowest BCUT2D eigenvalue weighted by Gasteiger charge is -2.36. The van der Waals surface area contributed by atoms with Gasteiger partial charge in [0.25, 0.3) is 0 Å². The highest BCUT2D eigenvalue weighted by molar-refractivity contribution is 7.47. The number of rotatable bonds is 8. The lowest BCUT2D eigenvalue weighted by molar-refractivity contribution is 0.0605. The average molecular weight is 663 g/mol. The fourth-order valence-corrected chi connectivity index (χ4v) is 11.9. The summed E-state index contributed by atoms with van der Waals surface area (Å²) < 4.78 is 50.1. The third-order valence-corrected chi connectivity index (χ3v) is 13.2. The van der Waals surface area contributed by atoms with E-state index in [4.69, 9.17) is 36.2 Å². The lowest BCUT2D eigenvalue weighted by atomic mass is 9.97. The Morgan fingerprint density at radius 2 is 0.548 bits per heavy atom. The SMILES string of the molecule is CC1(C)COP(Cc2cc(CP3OCC(C)(C)CO3)c(CP3OCC(C)(C)CO3)cc2CP2OCC(C)(C)CO2)OC1. The van der Waals surface area contributed by atoms with Crippen LogP contribution in [0.5, 0.6) is 0 Å². The smallest absolute Gasteiger partial charge is 0.175 e. The Kier molecular flexibility index (Phi) is 11.1. The maximum Gasteiger partial charge on any atom is 0.175 e. The molecule has 0 N–H and O–H groups in total. The first-order valence-electron chi connectivity index (χ1n) is 14.9. The number of hydrogen-bond acceptors (Lipinski definition) is 8. The molecule has 42 heavy (non-hydrogen) atoms. The molecule has 1 aromatic carbocycles. The van der Waals surface area contributed by atoms with Crippen molar-refractivity contribution in [3.05, 3.63) is 34.4 Å². The van der Waals surface area contributed by atoms with E-state index >= 15 is 0 Å². The fourth-order valence-electron chi connectivity index (χ4n) is 4.59. The molecule has 4 saturated heterocycles. The van der Waals surface area contributed by atoms with Crippen LogP contribution in [0.15, 0.2) is 12.1 Å². The summed E-state index contributed by atoms with van der Waals surface area (Å²) in [5.74, 6) is 0. The minimum absolute atomic E-state index is 0.0409. The molecular weight excluding hydrogens is 612 g/mol. The minimum Gasteiger partial charge on any atom is -0.333 e. The van der Waals surface area contributed by atoms with E-state index in [1.165, 1.54) is 22.3 Å². The van der Waals surface area contributed by atoms with Crippen LogP contribution in [0.1, 0.15) is 77.6 Å². The fraction of sp³-hybridized carbons (Fsp3) is 0.800.